The van der Waals surface area contributed by atoms with Crippen molar-refractivity contribution < 1.29 is 9.63 Å². The predicted molar refractivity (Wildman–Crippen MR) is 84.2 cm³/mol. The molecule has 21 heavy (non-hydrogen) atoms. The van der Waals surface area contributed by atoms with Crippen molar-refractivity contribution in [1.82, 2.24) is 5.32 Å². The average Bonchev–Trinajstić information content (AvgIpc) is 2.77. The van der Waals surface area contributed by atoms with Gasteiger partial charge in [-0.3, -0.25) is 4.79 Å². The monoisotopic (exact) mass is 288 g/mol. The van der Waals surface area contributed by atoms with Gasteiger partial charge in [0.15, 0.2) is 0 Å². The number of hydrogen-bond acceptors (Lipinski definition) is 3. The largest absolute Gasteiger partial charge is 0.383 e. The fourth-order valence-corrected chi connectivity index (χ4v) is 2.51. The highest BCUT2D eigenvalue weighted by Crippen LogP contribution is 2.17. The lowest BCUT2D eigenvalue weighted by Crippen LogP contribution is -2.40. The van der Waals surface area contributed by atoms with Crippen LogP contribution in [0.2, 0.25) is 0 Å². The lowest BCUT2D eigenvalue weighted by Gasteiger charge is -2.18. The molecule has 0 aliphatic heterocycles. The van der Waals surface area contributed by atoms with Gasteiger partial charge < -0.3 is 10.2 Å². The molecule has 0 aromatic heterocycles. The van der Waals surface area contributed by atoms with Crippen molar-refractivity contribution in [2.45, 2.75) is 57.6 Å². The maximum atomic E-state index is 12.1. The number of benzene rings is 1. The number of amides is 1. The summed E-state index contributed by atoms with van der Waals surface area (Å²) in [6.45, 7) is 1.73. The molecule has 0 saturated heterocycles. The normalized spacial score (nSPS) is 18.1. The molecule has 2 rings (SSSR count). The first-order chi connectivity index (χ1) is 10.3. The second-order valence-electron chi connectivity index (χ2n) is 5.59. The van der Waals surface area contributed by atoms with Crippen molar-refractivity contribution in [3.63, 3.8) is 0 Å². The molecular formula is C17H24N2O2. The minimum absolute atomic E-state index is 0.0767. The van der Waals surface area contributed by atoms with Crippen LogP contribution in [0, 0.1) is 0 Å². The highest BCUT2D eigenvalue weighted by molar-refractivity contribution is 5.81. The van der Waals surface area contributed by atoms with Crippen LogP contribution in [0.4, 0.5) is 0 Å². The third-order valence-electron chi connectivity index (χ3n) is 3.79. The van der Waals surface area contributed by atoms with Crippen molar-refractivity contribution in [2.24, 2.45) is 5.16 Å². The Hall–Kier alpha value is -1.84. The minimum atomic E-state index is -0.562. The Labute approximate surface area is 126 Å². The summed E-state index contributed by atoms with van der Waals surface area (Å²) in [6, 6.07) is 9.98. The van der Waals surface area contributed by atoms with Crippen LogP contribution >= 0.6 is 0 Å². The van der Waals surface area contributed by atoms with Crippen molar-refractivity contribution in [3.05, 3.63) is 35.9 Å². The van der Waals surface area contributed by atoms with E-state index >= 15 is 0 Å². The number of nitrogens with one attached hydrogen (secondary N) is 1. The Bertz CT molecular complexity index is 451. The molecule has 1 aromatic rings. The lowest BCUT2D eigenvalue weighted by atomic mass is 10.1. The van der Waals surface area contributed by atoms with Crippen LogP contribution in [0.25, 0.3) is 0 Å². The average molecular weight is 288 g/mol. The van der Waals surface area contributed by atoms with E-state index in [9.17, 15) is 4.79 Å². The molecule has 1 saturated carbocycles. The molecule has 1 atom stereocenters. The summed E-state index contributed by atoms with van der Waals surface area (Å²) >= 11 is 0. The second kappa shape index (κ2) is 8.45. The van der Waals surface area contributed by atoms with Gasteiger partial charge in [0.05, 0.1) is 6.21 Å². The zero-order chi connectivity index (χ0) is 14.9. The molecule has 4 nitrogen and oxygen atoms in total. The molecule has 114 valence electrons. The summed E-state index contributed by atoms with van der Waals surface area (Å²) in [6.07, 6.45) is 8.17. The first kappa shape index (κ1) is 15.5. The Morgan fingerprint density at radius 1 is 1.24 bits per heavy atom. The Kier molecular flexibility index (Phi) is 6.25. The highest BCUT2D eigenvalue weighted by Gasteiger charge is 2.19. The van der Waals surface area contributed by atoms with Gasteiger partial charge in [-0.15, -0.1) is 0 Å². The molecule has 1 aliphatic carbocycles. The van der Waals surface area contributed by atoms with E-state index in [4.69, 9.17) is 4.84 Å². The first-order valence-electron chi connectivity index (χ1n) is 7.80. The summed E-state index contributed by atoms with van der Waals surface area (Å²) < 4.78 is 0. The van der Waals surface area contributed by atoms with Crippen LogP contribution in [0.3, 0.4) is 0 Å². The topological polar surface area (TPSA) is 50.7 Å². The maximum Gasteiger partial charge on any atom is 0.263 e. The van der Waals surface area contributed by atoms with Crippen LogP contribution < -0.4 is 5.32 Å². The zero-order valence-electron chi connectivity index (χ0n) is 12.6. The van der Waals surface area contributed by atoms with Crippen molar-refractivity contribution in [1.29, 1.82) is 0 Å². The maximum absolute atomic E-state index is 12.1. The molecule has 0 heterocycles. The number of hydrogen-bond donors (Lipinski definition) is 1. The van der Waals surface area contributed by atoms with Gasteiger partial charge in [0.2, 0.25) is 6.10 Å². The standard InChI is InChI=1S/C17H24N2O2/c1-14(21-18-13-15-9-5-4-6-10-15)17(20)19-16-11-7-2-3-8-12-16/h4-6,9-10,13-14,16H,2-3,7-8,11-12H2,1H3,(H,19,20)/b18-13+. The smallest absolute Gasteiger partial charge is 0.263 e. The van der Waals surface area contributed by atoms with E-state index in [2.05, 4.69) is 10.5 Å². The van der Waals surface area contributed by atoms with Gasteiger partial charge in [-0.2, -0.15) is 0 Å². The number of rotatable bonds is 5. The van der Waals surface area contributed by atoms with E-state index in [0.29, 0.717) is 6.04 Å². The fraction of sp³-hybridized carbons (Fsp3) is 0.529. The molecule has 1 unspecified atom stereocenters. The third-order valence-corrected chi connectivity index (χ3v) is 3.79. The van der Waals surface area contributed by atoms with Gasteiger partial charge in [-0.05, 0) is 25.3 Å². The van der Waals surface area contributed by atoms with Gasteiger partial charge in [0, 0.05) is 6.04 Å². The van der Waals surface area contributed by atoms with Crippen LogP contribution in [0.5, 0.6) is 0 Å². The summed E-state index contributed by atoms with van der Waals surface area (Å²) in [4.78, 5) is 17.3. The molecule has 1 N–H and O–H groups in total. The summed E-state index contributed by atoms with van der Waals surface area (Å²) in [5, 5.41) is 6.96. The summed E-state index contributed by atoms with van der Waals surface area (Å²) in [5.41, 5.74) is 0.953. The van der Waals surface area contributed by atoms with E-state index in [1.54, 1.807) is 13.1 Å². The quantitative estimate of drug-likeness (QED) is 0.513. The molecule has 1 aliphatic rings. The van der Waals surface area contributed by atoms with E-state index in [-0.39, 0.29) is 5.91 Å². The summed E-state index contributed by atoms with van der Waals surface area (Å²) in [5.74, 6) is -0.0767. The van der Waals surface area contributed by atoms with Crippen LogP contribution in [-0.2, 0) is 9.63 Å². The first-order valence-corrected chi connectivity index (χ1v) is 7.80. The number of carbonyl (C=O) groups is 1. The van der Waals surface area contributed by atoms with Gasteiger partial charge in [-0.1, -0.05) is 61.2 Å². The van der Waals surface area contributed by atoms with E-state index in [1.807, 2.05) is 30.3 Å². The Morgan fingerprint density at radius 3 is 2.57 bits per heavy atom. The molecule has 1 fully saturated rings. The fourth-order valence-electron chi connectivity index (χ4n) is 2.51. The highest BCUT2D eigenvalue weighted by atomic mass is 16.6. The van der Waals surface area contributed by atoms with Gasteiger partial charge in [0.25, 0.3) is 5.91 Å². The Morgan fingerprint density at radius 2 is 1.90 bits per heavy atom. The van der Waals surface area contributed by atoms with E-state index < -0.39 is 6.10 Å². The van der Waals surface area contributed by atoms with Crippen LogP contribution in [0.15, 0.2) is 35.5 Å². The summed E-state index contributed by atoms with van der Waals surface area (Å²) in [7, 11) is 0. The molecular weight excluding hydrogens is 264 g/mol. The second-order valence-corrected chi connectivity index (χ2v) is 5.59. The number of carbonyl (C=O) groups excluding carboxylic acids is 1. The SMILES string of the molecule is CC(O/N=C/c1ccccc1)C(=O)NC1CCCCCC1. The predicted octanol–water partition coefficient (Wildman–Crippen LogP) is 3.26. The molecule has 0 spiro atoms. The van der Waals surface area contributed by atoms with Crippen LogP contribution in [0.1, 0.15) is 51.0 Å². The van der Waals surface area contributed by atoms with Crippen molar-refractivity contribution in [2.75, 3.05) is 0 Å². The van der Waals surface area contributed by atoms with Gasteiger partial charge in [-0.25, -0.2) is 0 Å². The van der Waals surface area contributed by atoms with E-state index in [0.717, 1.165) is 18.4 Å². The van der Waals surface area contributed by atoms with Gasteiger partial charge in [0.1, 0.15) is 0 Å². The molecule has 0 bridgehead atoms. The molecule has 0 radical (unpaired) electrons. The molecule has 1 amide bonds. The van der Waals surface area contributed by atoms with E-state index in [1.165, 1.54) is 25.7 Å². The van der Waals surface area contributed by atoms with Gasteiger partial charge >= 0.3 is 0 Å². The van der Waals surface area contributed by atoms with Crippen LogP contribution in [-0.4, -0.2) is 24.3 Å². The third kappa shape index (κ3) is 5.58. The lowest BCUT2D eigenvalue weighted by molar-refractivity contribution is -0.132. The zero-order valence-corrected chi connectivity index (χ0v) is 12.6. The van der Waals surface area contributed by atoms with Crippen molar-refractivity contribution >= 4 is 12.1 Å². The molecule has 4 heteroatoms. The van der Waals surface area contributed by atoms with Crippen molar-refractivity contribution in [3.8, 4) is 0 Å². The number of nitrogens with zero attached hydrogens (tertiary/aromatic N) is 1. The minimum Gasteiger partial charge on any atom is -0.383 e. The molecule has 1 aromatic carbocycles. The Balaban J connectivity index is 1.75. The number of oxime groups is 1.